The Balaban J connectivity index is 2.30. The van der Waals surface area contributed by atoms with Crippen LogP contribution in [0.5, 0.6) is 0 Å². The third kappa shape index (κ3) is 2.27. The van der Waals surface area contributed by atoms with Crippen LogP contribution in [0, 0.1) is 6.92 Å². The van der Waals surface area contributed by atoms with Crippen LogP contribution in [-0.4, -0.2) is 15.0 Å². The Kier molecular flexibility index (Phi) is 3.00. The lowest BCUT2D eigenvalue weighted by Crippen LogP contribution is -2.10. The summed E-state index contributed by atoms with van der Waals surface area (Å²) in [6.07, 6.45) is 3.03. The van der Waals surface area contributed by atoms with Gasteiger partial charge >= 0.3 is 0 Å². The number of anilines is 2. The molecule has 0 aliphatic carbocycles. The van der Waals surface area contributed by atoms with E-state index in [9.17, 15) is 4.79 Å². The fourth-order valence-corrected chi connectivity index (χ4v) is 1.46. The molecule has 2 rings (SSSR count). The molecule has 2 heterocycles. The van der Waals surface area contributed by atoms with E-state index in [2.05, 4.69) is 36.2 Å². The van der Waals surface area contributed by atoms with Crippen molar-refractivity contribution in [2.75, 3.05) is 5.32 Å². The highest BCUT2D eigenvalue weighted by Gasteiger charge is 2.05. The van der Waals surface area contributed by atoms with Crippen molar-refractivity contribution in [2.45, 2.75) is 6.92 Å². The number of H-pyrrole nitrogens is 1. The quantitative estimate of drug-likeness (QED) is 0.883. The second-order valence-corrected chi connectivity index (χ2v) is 4.00. The summed E-state index contributed by atoms with van der Waals surface area (Å²) in [4.78, 5) is 21.9. The molecule has 0 saturated carbocycles. The van der Waals surface area contributed by atoms with Gasteiger partial charge in [-0.05, 0) is 35.0 Å². The van der Waals surface area contributed by atoms with Crippen molar-refractivity contribution >= 4 is 27.4 Å². The van der Waals surface area contributed by atoms with E-state index in [1.165, 1.54) is 6.33 Å². The highest BCUT2D eigenvalue weighted by molar-refractivity contribution is 9.10. The average Bonchev–Trinajstić information content (AvgIpc) is 2.28. The summed E-state index contributed by atoms with van der Waals surface area (Å²) in [6.45, 7) is 1.91. The van der Waals surface area contributed by atoms with E-state index in [-0.39, 0.29) is 5.56 Å². The van der Waals surface area contributed by atoms with Crippen LogP contribution in [0.1, 0.15) is 5.69 Å². The Morgan fingerprint density at radius 3 is 2.88 bits per heavy atom. The number of aromatic nitrogens is 3. The maximum absolute atomic E-state index is 11.3. The molecule has 16 heavy (non-hydrogen) atoms. The van der Waals surface area contributed by atoms with Crippen LogP contribution in [0.3, 0.4) is 0 Å². The van der Waals surface area contributed by atoms with Gasteiger partial charge in [-0.1, -0.05) is 0 Å². The highest BCUT2D eigenvalue weighted by Crippen LogP contribution is 2.18. The number of nitrogens with one attached hydrogen (secondary N) is 2. The number of hydrogen-bond acceptors (Lipinski definition) is 4. The molecular weight excluding hydrogens is 272 g/mol. The lowest BCUT2D eigenvalue weighted by molar-refractivity contribution is 1.10. The molecule has 2 aromatic heterocycles. The predicted molar refractivity (Wildman–Crippen MR) is 64.8 cm³/mol. The number of aryl methyl sites for hydroxylation is 1. The third-order valence-electron chi connectivity index (χ3n) is 1.97. The van der Waals surface area contributed by atoms with Crippen molar-refractivity contribution in [1.82, 2.24) is 15.0 Å². The van der Waals surface area contributed by atoms with Gasteiger partial charge in [-0.3, -0.25) is 9.78 Å². The minimum Gasteiger partial charge on any atom is -0.338 e. The topological polar surface area (TPSA) is 70.7 Å². The van der Waals surface area contributed by atoms with Gasteiger partial charge < -0.3 is 10.3 Å². The molecule has 2 aromatic rings. The second-order valence-electron chi connectivity index (χ2n) is 3.21. The van der Waals surface area contributed by atoms with Crippen LogP contribution in [0.15, 0.2) is 33.9 Å². The maximum atomic E-state index is 11.3. The molecule has 0 amide bonds. The van der Waals surface area contributed by atoms with Crippen molar-refractivity contribution in [3.8, 4) is 0 Å². The summed E-state index contributed by atoms with van der Waals surface area (Å²) in [6, 6.07) is 3.75. The maximum Gasteiger partial charge on any atom is 0.267 e. The molecule has 0 aliphatic rings. The molecule has 0 aromatic carbocycles. The Morgan fingerprint density at radius 2 is 2.19 bits per heavy atom. The molecule has 0 fully saturated rings. The summed E-state index contributed by atoms with van der Waals surface area (Å²) >= 11 is 3.16. The molecule has 0 atom stereocenters. The number of aromatic amines is 1. The summed E-state index contributed by atoms with van der Waals surface area (Å²) in [5.41, 5.74) is 1.49. The molecule has 0 aliphatic heterocycles. The largest absolute Gasteiger partial charge is 0.338 e. The predicted octanol–water partition coefficient (Wildman–Crippen LogP) is 1.98. The zero-order valence-corrected chi connectivity index (χ0v) is 10.1. The number of pyridine rings is 1. The molecule has 0 saturated heterocycles. The molecule has 5 nitrogen and oxygen atoms in total. The molecule has 0 spiro atoms. The van der Waals surface area contributed by atoms with Crippen LogP contribution >= 0.6 is 15.9 Å². The first-order valence-corrected chi connectivity index (χ1v) is 5.39. The van der Waals surface area contributed by atoms with E-state index < -0.39 is 0 Å². The van der Waals surface area contributed by atoms with Crippen molar-refractivity contribution in [3.05, 3.63) is 45.2 Å². The van der Waals surface area contributed by atoms with Crippen LogP contribution < -0.4 is 10.9 Å². The fourth-order valence-electron chi connectivity index (χ4n) is 1.15. The summed E-state index contributed by atoms with van der Waals surface area (Å²) < 4.78 is 0.371. The first kappa shape index (κ1) is 10.8. The average molecular weight is 281 g/mol. The number of nitrogens with zero attached hydrogens (tertiary/aromatic N) is 2. The molecule has 0 bridgehead atoms. The zero-order valence-electron chi connectivity index (χ0n) is 8.49. The van der Waals surface area contributed by atoms with E-state index in [4.69, 9.17) is 0 Å². The molecule has 0 radical (unpaired) electrons. The second kappa shape index (κ2) is 4.44. The number of halogens is 1. The smallest absolute Gasteiger partial charge is 0.267 e. The van der Waals surface area contributed by atoms with Crippen molar-refractivity contribution < 1.29 is 0 Å². The monoisotopic (exact) mass is 280 g/mol. The number of hydrogen-bond donors (Lipinski definition) is 2. The standard InChI is InChI=1S/C10H9BrN4O/c1-6-2-3-7(4-12-6)15-9-8(11)10(16)14-5-13-9/h2-5H,1H3,(H2,13,14,15,16). The van der Waals surface area contributed by atoms with Crippen molar-refractivity contribution in [2.24, 2.45) is 0 Å². The van der Waals surface area contributed by atoms with Crippen molar-refractivity contribution in [3.63, 3.8) is 0 Å². The molecule has 6 heteroatoms. The lowest BCUT2D eigenvalue weighted by atomic mass is 10.3. The van der Waals surface area contributed by atoms with Crippen LogP contribution in [-0.2, 0) is 0 Å². The van der Waals surface area contributed by atoms with E-state index in [0.717, 1.165) is 11.4 Å². The Morgan fingerprint density at radius 1 is 1.38 bits per heavy atom. The Labute approximate surface area is 100 Å². The van der Waals surface area contributed by atoms with Gasteiger partial charge in [-0.2, -0.15) is 0 Å². The summed E-state index contributed by atoms with van der Waals surface area (Å²) in [5, 5.41) is 3.00. The van der Waals surface area contributed by atoms with Gasteiger partial charge in [-0.15, -0.1) is 0 Å². The summed E-state index contributed by atoms with van der Waals surface area (Å²) in [5.74, 6) is 0.467. The minimum atomic E-state index is -0.224. The van der Waals surface area contributed by atoms with Crippen LogP contribution in [0.25, 0.3) is 0 Å². The SMILES string of the molecule is Cc1ccc(Nc2nc[nH]c(=O)c2Br)cn1. The molecule has 82 valence electrons. The number of rotatable bonds is 2. The third-order valence-corrected chi connectivity index (χ3v) is 2.71. The molecular formula is C10H9BrN4O. The van der Waals surface area contributed by atoms with Gasteiger partial charge in [0.2, 0.25) is 0 Å². The van der Waals surface area contributed by atoms with Gasteiger partial charge in [0, 0.05) is 5.69 Å². The van der Waals surface area contributed by atoms with Gasteiger partial charge in [0.1, 0.15) is 4.47 Å². The van der Waals surface area contributed by atoms with Gasteiger partial charge in [0.15, 0.2) is 5.82 Å². The van der Waals surface area contributed by atoms with Crippen LogP contribution in [0.2, 0.25) is 0 Å². The minimum absolute atomic E-state index is 0.224. The Bertz CT molecular complexity index is 549. The van der Waals surface area contributed by atoms with E-state index in [1.807, 2.05) is 19.1 Å². The fraction of sp³-hybridized carbons (Fsp3) is 0.100. The van der Waals surface area contributed by atoms with Crippen LogP contribution in [0.4, 0.5) is 11.5 Å². The van der Waals surface area contributed by atoms with E-state index in [1.54, 1.807) is 6.20 Å². The zero-order chi connectivity index (χ0) is 11.5. The molecule has 0 unspecified atom stereocenters. The first-order valence-electron chi connectivity index (χ1n) is 4.59. The molecule has 2 N–H and O–H groups in total. The summed E-state index contributed by atoms with van der Waals surface area (Å²) in [7, 11) is 0. The van der Waals surface area contributed by atoms with E-state index in [0.29, 0.717) is 10.3 Å². The van der Waals surface area contributed by atoms with E-state index >= 15 is 0 Å². The van der Waals surface area contributed by atoms with Gasteiger partial charge in [0.25, 0.3) is 5.56 Å². The van der Waals surface area contributed by atoms with Gasteiger partial charge in [0.05, 0.1) is 18.2 Å². The highest BCUT2D eigenvalue weighted by atomic mass is 79.9. The van der Waals surface area contributed by atoms with Crippen molar-refractivity contribution in [1.29, 1.82) is 0 Å². The normalized spacial score (nSPS) is 10.1. The Hall–Kier alpha value is -1.69. The lowest BCUT2D eigenvalue weighted by Gasteiger charge is -2.05. The van der Waals surface area contributed by atoms with Gasteiger partial charge in [-0.25, -0.2) is 4.98 Å². The first-order chi connectivity index (χ1) is 7.66.